The van der Waals surface area contributed by atoms with Crippen molar-refractivity contribution in [3.63, 3.8) is 0 Å². The van der Waals surface area contributed by atoms with E-state index in [2.05, 4.69) is 32.2 Å². The summed E-state index contributed by atoms with van der Waals surface area (Å²) in [5.41, 5.74) is 4.83. The number of para-hydroxylation sites is 2. The molecule has 3 aliphatic heterocycles. The van der Waals surface area contributed by atoms with Gasteiger partial charge in [0.15, 0.2) is 0 Å². The zero-order chi connectivity index (χ0) is 22.4. The molecule has 2 N–H and O–H groups in total. The van der Waals surface area contributed by atoms with Gasteiger partial charge < -0.3 is 14.8 Å². The van der Waals surface area contributed by atoms with Crippen LogP contribution in [0.3, 0.4) is 0 Å². The molecule has 1 fully saturated rings. The molecule has 0 bridgehead atoms. The van der Waals surface area contributed by atoms with Crippen LogP contribution in [0.5, 0.6) is 0 Å². The average Bonchev–Trinajstić information content (AvgIpc) is 3.52. The summed E-state index contributed by atoms with van der Waals surface area (Å²) in [4.78, 5) is 28.5. The minimum atomic E-state index is -0.368. The molecule has 6 heteroatoms. The van der Waals surface area contributed by atoms with Gasteiger partial charge in [0, 0.05) is 40.9 Å². The Morgan fingerprint density at radius 3 is 2.48 bits per heavy atom. The summed E-state index contributed by atoms with van der Waals surface area (Å²) in [5, 5.41) is 6.81. The van der Waals surface area contributed by atoms with Crippen LogP contribution in [-0.2, 0) is 22.6 Å². The summed E-state index contributed by atoms with van der Waals surface area (Å²) in [6, 6.07) is 17.8. The summed E-state index contributed by atoms with van der Waals surface area (Å²) in [6.07, 6.45) is 4.65. The highest BCUT2D eigenvalue weighted by molar-refractivity contribution is 6.38. The van der Waals surface area contributed by atoms with Crippen LogP contribution in [0.2, 0.25) is 0 Å². The molecule has 1 atom stereocenters. The maximum atomic E-state index is 13.1. The van der Waals surface area contributed by atoms with E-state index in [0.29, 0.717) is 17.2 Å². The molecule has 6 nitrogen and oxygen atoms in total. The topological polar surface area (TPSA) is 66.4 Å². The number of amides is 2. The van der Waals surface area contributed by atoms with Crippen molar-refractivity contribution >= 4 is 34.0 Å². The third-order valence-corrected chi connectivity index (χ3v) is 7.26. The lowest BCUT2D eigenvalue weighted by Crippen LogP contribution is -2.31. The molecule has 2 amide bonds. The molecular formula is C27H28N4O2. The summed E-state index contributed by atoms with van der Waals surface area (Å²) in [7, 11) is 0. The number of nitrogens with zero attached hydrogens (tertiary/aromatic N) is 2. The Bertz CT molecular complexity index is 1270. The molecule has 0 aliphatic carbocycles. The van der Waals surface area contributed by atoms with E-state index in [1.54, 1.807) is 0 Å². The van der Waals surface area contributed by atoms with Crippen LogP contribution in [0, 0.1) is 5.92 Å². The quantitative estimate of drug-likeness (QED) is 0.593. The fourth-order valence-corrected chi connectivity index (χ4v) is 5.75. The number of imide groups is 1. The van der Waals surface area contributed by atoms with Crippen LogP contribution in [-0.4, -0.2) is 40.9 Å². The van der Waals surface area contributed by atoms with E-state index >= 15 is 0 Å². The first kappa shape index (κ1) is 20.2. The van der Waals surface area contributed by atoms with Crippen LogP contribution in [0.1, 0.15) is 30.5 Å². The van der Waals surface area contributed by atoms with Gasteiger partial charge in [-0.1, -0.05) is 36.4 Å². The number of carbonyl (C=O) groups is 2. The Balaban J connectivity index is 1.47. The standard InChI is InChI=1S/C27H28N4O2/c32-26-24(25(27(33)29-26)28-19-8-2-1-3-9-19)23-20-10-4-5-11-21(20)31-15-12-18(16-22(23)31)17-30-13-6-7-14-30/h1-5,8-11,18H,6-7,12-17H2,(H2,28,29,32,33). The van der Waals surface area contributed by atoms with Crippen LogP contribution in [0.25, 0.3) is 16.5 Å². The van der Waals surface area contributed by atoms with Crippen LogP contribution in [0.15, 0.2) is 60.3 Å². The predicted molar refractivity (Wildman–Crippen MR) is 130 cm³/mol. The molecule has 3 aliphatic rings. The lowest BCUT2D eigenvalue weighted by molar-refractivity contribution is -0.123. The van der Waals surface area contributed by atoms with Crippen molar-refractivity contribution in [2.75, 3.05) is 25.0 Å². The van der Waals surface area contributed by atoms with Crippen molar-refractivity contribution in [2.45, 2.75) is 32.2 Å². The maximum absolute atomic E-state index is 13.1. The first-order valence-corrected chi connectivity index (χ1v) is 11.9. The third kappa shape index (κ3) is 3.55. The molecule has 3 aromatic rings. The van der Waals surface area contributed by atoms with Crippen LogP contribution in [0.4, 0.5) is 5.69 Å². The second kappa shape index (κ2) is 8.19. The fraction of sp³-hybridized carbons (Fsp3) is 0.333. The van der Waals surface area contributed by atoms with E-state index in [-0.39, 0.29) is 11.8 Å². The SMILES string of the molecule is O=C1NC(=O)C(c2c3n(c4ccccc24)CCC(CN2CCCC2)C3)=C1Nc1ccccc1. The van der Waals surface area contributed by atoms with Gasteiger partial charge >= 0.3 is 0 Å². The molecule has 0 radical (unpaired) electrons. The summed E-state index contributed by atoms with van der Waals surface area (Å²) < 4.78 is 2.37. The Hall–Kier alpha value is -3.38. The Kier molecular flexibility index (Phi) is 5.03. The van der Waals surface area contributed by atoms with Crippen LogP contribution < -0.4 is 10.6 Å². The maximum Gasteiger partial charge on any atom is 0.275 e. The number of benzene rings is 2. The normalized spacial score (nSPS) is 21.0. The molecule has 1 aromatic heterocycles. The van der Waals surface area contributed by atoms with E-state index in [1.165, 1.54) is 31.6 Å². The van der Waals surface area contributed by atoms with E-state index in [9.17, 15) is 9.59 Å². The van der Waals surface area contributed by atoms with Crippen molar-refractivity contribution < 1.29 is 9.59 Å². The minimum Gasteiger partial charge on any atom is -0.350 e. The highest BCUT2D eigenvalue weighted by atomic mass is 16.2. The molecule has 0 saturated carbocycles. The first-order chi connectivity index (χ1) is 16.2. The van der Waals surface area contributed by atoms with Crippen molar-refractivity contribution in [1.82, 2.24) is 14.8 Å². The number of hydrogen-bond acceptors (Lipinski definition) is 4. The Morgan fingerprint density at radius 2 is 1.67 bits per heavy atom. The Morgan fingerprint density at radius 1 is 0.909 bits per heavy atom. The number of nitrogens with one attached hydrogen (secondary N) is 2. The summed E-state index contributed by atoms with van der Waals surface area (Å²) in [5.74, 6) is -0.128. The predicted octanol–water partition coefficient (Wildman–Crippen LogP) is 3.78. The molecule has 1 unspecified atom stereocenters. The van der Waals surface area contributed by atoms with Crippen molar-refractivity contribution in [3.8, 4) is 0 Å². The number of hydrogen-bond donors (Lipinski definition) is 2. The molecule has 33 heavy (non-hydrogen) atoms. The van der Waals surface area contributed by atoms with Gasteiger partial charge in [-0.05, 0) is 62.9 Å². The Labute approximate surface area is 193 Å². The second-order valence-electron chi connectivity index (χ2n) is 9.38. The van der Waals surface area contributed by atoms with Gasteiger partial charge in [0.1, 0.15) is 5.70 Å². The number of fused-ring (bicyclic) bond motifs is 3. The van der Waals surface area contributed by atoms with Gasteiger partial charge in [0.25, 0.3) is 11.8 Å². The summed E-state index contributed by atoms with van der Waals surface area (Å²) in [6.45, 7) is 4.44. The van der Waals surface area contributed by atoms with Crippen molar-refractivity contribution in [3.05, 3.63) is 71.6 Å². The third-order valence-electron chi connectivity index (χ3n) is 7.26. The van der Waals surface area contributed by atoms with E-state index in [0.717, 1.165) is 48.1 Å². The zero-order valence-electron chi connectivity index (χ0n) is 18.6. The highest BCUT2D eigenvalue weighted by Crippen LogP contribution is 2.39. The molecule has 6 rings (SSSR count). The van der Waals surface area contributed by atoms with Crippen LogP contribution >= 0.6 is 0 Å². The van der Waals surface area contributed by atoms with E-state index < -0.39 is 0 Å². The van der Waals surface area contributed by atoms with Gasteiger partial charge in [-0.2, -0.15) is 0 Å². The number of aromatic nitrogens is 1. The monoisotopic (exact) mass is 440 g/mol. The molecule has 2 aromatic carbocycles. The smallest absolute Gasteiger partial charge is 0.275 e. The lowest BCUT2D eigenvalue weighted by atomic mass is 9.91. The molecular weight excluding hydrogens is 412 g/mol. The molecule has 4 heterocycles. The van der Waals surface area contributed by atoms with Gasteiger partial charge in [-0.15, -0.1) is 0 Å². The lowest BCUT2D eigenvalue weighted by Gasteiger charge is -2.29. The number of likely N-dealkylation sites (tertiary alicyclic amines) is 1. The largest absolute Gasteiger partial charge is 0.350 e. The fourth-order valence-electron chi connectivity index (χ4n) is 5.75. The minimum absolute atomic E-state index is 0.320. The molecule has 1 saturated heterocycles. The van der Waals surface area contributed by atoms with Gasteiger partial charge in [-0.25, -0.2) is 0 Å². The zero-order valence-corrected chi connectivity index (χ0v) is 18.6. The number of carbonyl (C=O) groups excluding carboxylic acids is 2. The number of rotatable bonds is 5. The summed E-state index contributed by atoms with van der Waals surface area (Å²) >= 11 is 0. The average molecular weight is 441 g/mol. The van der Waals surface area contributed by atoms with Crippen molar-refractivity contribution in [2.24, 2.45) is 5.92 Å². The first-order valence-electron chi connectivity index (χ1n) is 11.9. The number of aryl methyl sites for hydroxylation is 1. The number of anilines is 1. The molecule has 0 spiro atoms. The van der Waals surface area contributed by atoms with E-state index in [1.807, 2.05) is 42.5 Å². The van der Waals surface area contributed by atoms with E-state index in [4.69, 9.17) is 0 Å². The van der Waals surface area contributed by atoms with Gasteiger partial charge in [0.2, 0.25) is 0 Å². The van der Waals surface area contributed by atoms with Gasteiger partial charge in [-0.3, -0.25) is 14.9 Å². The second-order valence-corrected chi connectivity index (χ2v) is 9.38. The van der Waals surface area contributed by atoms with Crippen molar-refractivity contribution in [1.29, 1.82) is 0 Å². The molecule has 168 valence electrons. The van der Waals surface area contributed by atoms with Gasteiger partial charge in [0.05, 0.1) is 5.57 Å². The highest BCUT2D eigenvalue weighted by Gasteiger charge is 2.37.